The van der Waals surface area contributed by atoms with E-state index in [-0.39, 0.29) is 0 Å². The highest BCUT2D eigenvalue weighted by Gasteiger charge is 2.15. The van der Waals surface area contributed by atoms with Crippen LogP contribution >= 0.6 is 0 Å². The number of fused-ring (bicyclic) bond motifs is 1. The summed E-state index contributed by atoms with van der Waals surface area (Å²) in [5.41, 5.74) is 2.64. The van der Waals surface area contributed by atoms with Crippen LogP contribution in [0.15, 0.2) is 35.5 Å². The lowest BCUT2D eigenvalue weighted by Crippen LogP contribution is -2.28. The van der Waals surface area contributed by atoms with E-state index in [1.807, 2.05) is 24.3 Å². The summed E-state index contributed by atoms with van der Waals surface area (Å²) in [7, 11) is 0. The lowest BCUT2D eigenvalue weighted by molar-refractivity contribution is 0.725. The molecule has 1 N–H and O–H groups in total. The van der Waals surface area contributed by atoms with Gasteiger partial charge in [-0.15, -0.1) is 0 Å². The molecule has 0 saturated carbocycles. The van der Waals surface area contributed by atoms with E-state index < -0.39 is 0 Å². The molecule has 0 unspecified atom stereocenters. The first-order valence-corrected chi connectivity index (χ1v) is 5.36. The van der Waals surface area contributed by atoms with Gasteiger partial charge in [0.2, 0.25) is 0 Å². The number of nitrogens with one attached hydrogen (secondary N) is 1. The Labute approximate surface area is 93.5 Å². The first-order chi connectivity index (χ1) is 7.83. The average molecular weight is 212 g/mol. The summed E-state index contributed by atoms with van der Waals surface area (Å²) >= 11 is 0. The number of nitrogens with zero attached hydrogens (tertiary/aromatic N) is 3. The third-order valence-corrected chi connectivity index (χ3v) is 2.60. The molecule has 0 saturated heterocycles. The van der Waals surface area contributed by atoms with E-state index in [4.69, 9.17) is 0 Å². The summed E-state index contributed by atoms with van der Waals surface area (Å²) in [6.07, 6.45) is 1.77. The highest BCUT2D eigenvalue weighted by atomic mass is 15.1. The number of aromatic nitrogens is 2. The zero-order valence-corrected chi connectivity index (χ0v) is 9.01. The number of rotatable bonds is 1. The Morgan fingerprint density at radius 3 is 2.81 bits per heavy atom. The molecule has 2 aromatic rings. The van der Waals surface area contributed by atoms with E-state index in [0.29, 0.717) is 6.04 Å². The second-order valence-electron chi connectivity index (χ2n) is 3.98. The van der Waals surface area contributed by atoms with Crippen LogP contribution in [-0.4, -0.2) is 28.4 Å². The van der Waals surface area contributed by atoms with Crippen LogP contribution < -0.4 is 5.32 Å². The molecule has 2 heterocycles. The molecule has 1 atom stereocenters. The van der Waals surface area contributed by atoms with Crippen molar-refractivity contribution in [2.24, 2.45) is 4.99 Å². The summed E-state index contributed by atoms with van der Waals surface area (Å²) in [5, 5.41) is 3.28. The van der Waals surface area contributed by atoms with E-state index in [9.17, 15) is 0 Å². The van der Waals surface area contributed by atoms with Crippen molar-refractivity contribution in [2.75, 3.05) is 6.54 Å². The second-order valence-corrected chi connectivity index (χ2v) is 3.98. The summed E-state index contributed by atoms with van der Waals surface area (Å²) in [4.78, 5) is 13.3. The van der Waals surface area contributed by atoms with Crippen LogP contribution in [0, 0.1) is 0 Å². The number of benzene rings is 1. The Morgan fingerprint density at radius 2 is 2.06 bits per heavy atom. The maximum absolute atomic E-state index is 4.54. The van der Waals surface area contributed by atoms with Gasteiger partial charge in [0.15, 0.2) is 0 Å². The van der Waals surface area contributed by atoms with Gasteiger partial charge in [-0.05, 0) is 19.1 Å². The zero-order valence-electron chi connectivity index (χ0n) is 9.01. The monoisotopic (exact) mass is 212 g/mol. The van der Waals surface area contributed by atoms with Crippen molar-refractivity contribution in [3.63, 3.8) is 0 Å². The van der Waals surface area contributed by atoms with E-state index in [2.05, 4.69) is 27.2 Å². The van der Waals surface area contributed by atoms with Gasteiger partial charge in [0.1, 0.15) is 11.5 Å². The molecule has 3 rings (SSSR count). The molecule has 0 bridgehead atoms. The Bertz CT molecular complexity index is 562. The number of aliphatic imine (C=N–C) groups is 1. The molecule has 1 aromatic heterocycles. The van der Waals surface area contributed by atoms with Gasteiger partial charge in [-0.25, -0.2) is 4.98 Å². The van der Waals surface area contributed by atoms with Crippen molar-refractivity contribution in [3.05, 3.63) is 36.2 Å². The molecule has 0 fully saturated rings. The van der Waals surface area contributed by atoms with Gasteiger partial charge >= 0.3 is 0 Å². The Kier molecular flexibility index (Phi) is 2.06. The van der Waals surface area contributed by atoms with Gasteiger partial charge in [-0.1, -0.05) is 12.1 Å². The number of para-hydroxylation sites is 2. The molecular weight excluding hydrogens is 200 g/mol. The maximum atomic E-state index is 4.54. The molecule has 1 aliphatic rings. The fraction of sp³-hybridized carbons (Fsp3) is 0.250. The van der Waals surface area contributed by atoms with Crippen molar-refractivity contribution in [2.45, 2.75) is 13.0 Å². The van der Waals surface area contributed by atoms with Gasteiger partial charge in [-0.2, -0.15) is 0 Å². The average Bonchev–Trinajstić information content (AvgIpc) is 2.75. The van der Waals surface area contributed by atoms with Crippen LogP contribution in [-0.2, 0) is 0 Å². The first kappa shape index (κ1) is 9.27. The van der Waals surface area contributed by atoms with Gasteiger partial charge in [0, 0.05) is 6.04 Å². The lowest BCUT2D eigenvalue weighted by atomic mass is 10.3. The van der Waals surface area contributed by atoms with Gasteiger partial charge in [0.25, 0.3) is 0 Å². The fourth-order valence-electron chi connectivity index (χ4n) is 1.78. The van der Waals surface area contributed by atoms with Gasteiger partial charge in [-0.3, -0.25) is 9.98 Å². The van der Waals surface area contributed by atoms with Crippen molar-refractivity contribution in [1.82, 2.24) is 15.3 Å². The molecule has 0 radical (unpaired) electrons. The van der Waals surface area contributed by atoms with Crippen LogP contribution in [0.3, 0.4) is 0 Å². The summed E-state index contributed by atoms with van der Waals surface area (Å²) in [5.74, 6) is 0.853. The van der Waals surface area contributed by atoms with E-state index >= 15 is 0 Å². The minimum atomic E-state index is 0.392. The molecule has 0 aliphatic carbocycles. The molecule has 16 heavy (non-hydrogen) atoms. The van der Waals surface area contributed by atoms with Crippen LogP contribution in [0.5, 0.6) is 0 Å². The largest absolute Gasteiger partial charge is 0.364 e. The van der Waals surface area contributed by atoms with Crippen LogP contribution in [0.4, 0.5) is 0 Å². The SMILES string of the molecule is C[C@H]1CN=C(c2cnc3ccccc3n2)N1. The molecule has 1 aliphatic heterocycles. The summed E-state index contributed by atoms with van der Waals surface area (Å²) in [6, 6.07) is 8.24. The Balaban J connectivity index is 2.05. The minimum absolute atomic E-state index is 0.392. The van der Waals surface area contributed by atoms with Crippen molar-refractivity contribution in [1.29, 1.82) is 0 Å². The number of hydrogen-bond acceptors (Lipinski definition) is 4. The van der Waals surface area contributed by atoms with Gasteiger partial charge in [0.05, 0.1) is 23.8 Å². The molecule has 0 spiro atoms. The summed E-state index contributed by atoms with van der Waals surface area (Å²) < 4.78 is 0. The lowest BCUT2D eigenvalue weighted by Gasteiger charge is -2.05. The van der Waals surface area contributed by atoms with Crippen LogP contribution in [0.2, 0.25) is 0 Å². The van der Waals surface area contributed by atoms with Crippen molar-refractivity contribution < 1.29 is 0 Å². The minimum Gasteiger partial charge on any atom is -0.364 e. The Morgan fingerprint density at radius 1 is 1.25 bits per heavy atom. The third kappa shape index (κ3) is 1.52. The molecular formula is C12H12N4. The van der Waals surface area contributed by atoms with Crippen LogP contribution in [0.1, 0.15) is 12.6 Å². The predicted molar refractivity (Wildman–Crippen MR) is 63.5 cm³/mol. The number of amidine groups is 1. The highest BCUT2D eigenvalue weighted by molar-refractivity contribution is 5.99. The maximum Gasteiger partial charge on any atom is 0.149 e. The molecule has 1 aromatic carbocycles. The normalized spacial score (nSPS) is 19.6. The quantitative estimate of drug-likeness (QED) is 0.776. The van der Waals surface area contributed by atoms with E-state index in [0.717, 1.165) is 29.1 Å². The molecule has 4 nitrogen and oxygen atoms in total. The molecule has 4 heteroatoms. The smallest absolute Gasteiger partial charge is 0.149 e. The standard InChI is InChI=1S/C12H12N4/c1-8-6-14-12(15-8)11-7-13-9-4-2-3-5-10(9)16-11/h2-5,7-8H,6H2,1H3,(H,14,15)/t8-/m0/s1. The second kappa shape index (κ2) is 3.56. The summed E-state index contributed by atoms with van der Waals surface area (Å²) in [6.45, 7) is 2.91. The number of hydrogen-bond donors (Lipinski definition) is 1. The van der Waals surface area contributed by atoms with Crippen molar-refractivity contribution in [3.8, 4) is 0 Å². The van der Waals surface area contributed by atoms with E-state index in [1.54, 1.807) is 6.20 Å². The molecule has 80 valence electrons. The first-order valence-electron chi connectivity index (χ1n) is 5.36. The zero-order chi connectivity index (χ0) is 11.0. The third-order valence-electron chi connectivity index (χ3n) is 2.60. The topological polar surface area (TPSA) is 50.2 Å². The Hall–Kier alpha value is -1.97. The highest BCUT2D eigenvalue weighted by Crippen LogP contribution is 2.10. The molecule has 0 amide bonds. The van der Waals surface area contributed by atoms with Gasteiger partial charge < -0.3 is 5.32 Å². The van der Waals surface area contributed by atoms with E-state index in [1.165, 1.54) is 0 Å². The predicted octanol–water partition coefficient (Wildman–Crippen LogP) is 1.37. The fourth-order valence-corrected chi connectivity index (χ4v) is 1.78. The van der Waals surface area contributed by atoms with Crippen LogP contribution in [0.25, 0.3) is 11.0 Å². The van der Waals surface area contributed by atoms with Crippen molar-refractivity contribution >= 4 is 16.9 Å².